The van der Waals surface area contributed by atoms with E-state index in [1.165, 1.54) is 32.6 Å². The summed E-state index contributed by atoms with van der Waals surface area (Å²) in [4.78, 5) is -1.60. The molecule has 0 radical (unpaired) electrons. The van der Waals surface area contributed by atoms with Crippen molar-refractivity contribution in [1.29, 1.82) is 0 Å². The van der Waals surface area contributed by atoms with Crippen molar-refractivity contribution in [2.75, 3.05) is 19.8 Å². The van der Waals surface area contributed by atoms with Crippen LogP contribution in [0, 0.1) is 11.1 Å². The molecule has 20 heavy (non-hydrogen) atoms. The van der Waals surface area contributed by atoms with Gasteiger partial charge in [0, 0.05) is 6.61 Å². The fourth-order valence-electron chi connectivity index (χ4n) is 1.99. The van der Waals surface area contributed by atoms with E-state index in [4.69, 9.17) is 4.74 Å². The molecule has 0 aromatic rings. The molecule has 0 aliphatic carbocycles. The topological polar surface area (TPSA) is 72.8 Å². The zero-order valence-electron chi connectivity index (χ0n) is 13.4. The summed E-state index contributed by atoms with van der Waals surface area (Å²) >= 11 is 0. The quantitative estimate of drug-likeness (QED) is 0.236. The fourth-order valence-corrected chi connectivity index (χ4v) is 1.99. The lowest BCUT2D eigenvalue weighted by Gasteiger charge is -2.36. The van der Waals surface area contributed by atoms with Gasteiger partial charge in [-0.2, -0.15) is 4.81 Å². The molecule has 0 aromatic carbocycles. The molecule has 5 nitrogen and oxygen atoms in total. The number of hydroxylamine groups is 4. The van der Waals surface area contributed by atoms with Crippen molar-refractivity contribution in [1.82, 2.24) is 0 Å². The molecule has 0 amide bonds. The molecule has 0 saturated carbocycles. The molecule has 0 aromatic heterocycles. The van der Waals surface area contributed by atoms with Gasteiger partial charge >= 0.3 is 0 Å². The number of rotatable bonds is 13. The van der Waals surface area contributed by atoms with Crippen molar-refractivity contribution < 1.29 is 19.9 Å². The average Bonchev–Trinajstić information content (AvgIpc) is 2.40. The minimum atomic E-state index is -1.60. The summed E-state index contributed by atoms with van der Waals surface area (Å²) in [5.74, 6) is 0.797. The number of quaternary nitrogens is 1. The van der Waals surface area contributed by atoms with Crippen molar-refractivity contribution in [3.05, 3.63) is 5.21 Å². The summed E-state index contributed by atoms with van der Waals surface area (Å²) in [6.07, 6.45) is 6.18. The van der Waals surface area contributed by atoms with Crippen LogP contribution in [0.5, 0.6) is 0 Å². The highest BCUT2D eigenvalue weighted by Crippen LogP contribution is 2.11. The van der Waals surface area contributed by atoms with Gasteiger partial charge in [0.2, 0.25) is 6.23 Å². The molecular formula is C15H33NO4. The first-order valence-corrected chi connectivity index (χ1v) is 7.97. The highest BCUT2D eigenvalue weighted by molar-refractivity contribution is 4.49. The number of hydrogen-bond acceptors (Lipinski definition) is 4. The van der Waals surface area contributed by atoms with Crippen LogP contribution in [0.2, 0.25) is 0 Å². The van der Waals surface area contributed by atoms with E-state index < -0.39 is 11.0 Å². The summed E-state index contributed by atoms with van der Waals surface area (Å²) < 4.78 is 5.37. The third-order valence-electron chi connectivity index (χ3n) is 3.51. The third-order valence-corrected chi connectivity index (χ3v) is 3.51. The Morgan fingerprint density at radius 1 is 1.00 bits per heavy atom. The zero-order chi connectivity index (χ0) is 15.4. The van der Waals surface area contributed by atoms with Crippen LogP contribution < -0.4 is 0 Å². The van der Waals surface area contributed by atoms with E-state index in [1.54, 1.807) is 0 Å². The molecule has 2 atom stereocenters. The van der Waals surface area contributed by atoms with E-state index in [0.717, 1.165) is 18.8 Å². The predicted molar refractivity (Wildman–Crippen MR) is 79.9 cm³/mol. The average molecular weight is 291 g/mol. The van der Waals surface area contributed by atoms with E-state index >= 15 is 0 Å². The Balaban J connectivity index is 3.29. The number of nitrogens with zero attached hydrogens (tertiary/aromatic N) is 1. The van der Waals surface area contributed by atoms with Gasteiger partial charge in [-0.25, -0.2) is 5.21 Å². The Labute approximate surface area is 123 Å². The van der Waals surface area contributed by atoms with Crippen LogP contribution in [0.3, 0.4) is 0 Å². The molecule has 2 unspecified atom stereocenters. The summed E-state index contributed by atoms with van der Waals surface area (Å²) in [6.45, 7) is 6.96. The second kappa shape index (κ2) is 11.5. The Bertz CT molecular complexity index is 222. The van der Waals surface area contributed by atoms with Gasteiger partial charge in [0.15, 0.2) is 0 Å². The first-order chi connectivity index (χ1) is 9.40. The number of unbranched alkanes of at least 4 members (excludes halogenated alkanes) is 4. The second-order valence-corrected chi connectivity index (χ2v) is 5.90. The van der Waals surface area contributed by atoms with Crippen molar-refractivity contribution in [2.45, 2.75) is 71.9 Å². The lowest BCUT2D eigenvalue weighted by atomic mass is 10.0. The van der Waals surface area contributed by atoms with Gasteiger partial charge in [-0.1, -0.05) is 46.0 Å². The van der Waals surface area contributed by atoms with Crippen molar-refractivity contribution in [2.24, 2.45) is 5.92 Å². The van der Waals surface area contributed by atoms with Crippen LogP contribution >= 0.6 is 0 Å². The maximum atomic E-state index is 11.3. The highest BCUT2D eigenvalue weighted by atomic mass is 16.9. The Morgan fingerprint density at radius 3 is 2.20 bits per heavy atom. The summed E-state index contributed by atoms with van der Waals surface area (Å²) in [5.41, 5.74) is 0. The molecular weight excluding hydrogens is 258 g/mol. The molecule has 122 valence electrons. The van der Waals surface area contributed by atoms with Crippen molar-refractivity contribution >= 4 is 0 Å². The van der Waals surface area contributed by atoms with Crippen LogP contribution in [0.4, 0.5) is 0 Å². The van der Waals surface area contributed by atoms with Gasteiger partial charge in [-0.3, -0.25) is 0 Å². The third kappa shape index (κ3) is 10.6. The first-order valence-electron chi connectivity index (χ1n) is 7.97. The smallest absolute Gasteiger partial charge is 0.222 e. The van der Waals surface area contributed by atoms with Crippen LogP contribution in [0.1, 0.15) is 65.7 Å². The molecule has 0 heterocycles. The van der Waals surface area contributed by atoms with Gasteiger partial charge < -0.3 is 15.1 Å². The monoisotopic (exact) mass is 291 g/mol. The normalized spacial score (nSPS) is 16.4. The Kier molecular flexibility index (Phi) is 11.3. The van der Waals surface area contributed by atoms with Crippen molar-refractivity contribution in [3.8, 4) is 0 Å². The summed E-state index contributed by atoms with van der Waals surface area (Å²) in [7, 11) is 0. The van der Waals surface area contributed by atoms with Gasteiger partial charge in [-0.15, -0.1) is 0 Å². The molecule has 0 aliphatic rings. The van der Waals surface area contributed by atoms with Crippen LogP contribution in [-0.2, 0) is 4.74 Å². The van der Waals surface area contributed by atoms with E-state index in [2.05, 4.69) is 13.8 Å². The Hall–Kier alpha value is -0.200. The maximum Gasteiger partial charge on any atom is 0.222 e. The van der Waals surface area contributed by atoms with Crippen molar-refractivity contribution in [3.63, 3.8) is 0 Å². The number of hydrogen-bond donors (Lipinski definition) is 2. The molecule has 0 aliphatic heterocycles. The standard InChI is InChI=1S/C15H33NO4/c1-4-16(18,19)15(17)11-13-20-12-9-7-5-6-8-10-14(2)3/h14-15,17-18H,4-13H2,1-3H3. The number of aliphatic hydroxyl groups is 1. The lowest BCUT2D eigenvalue weighted by molar-refractivity contribution is -1.10. The molecule has 0 rings (SSSR count). The highest BCUT2D eigenvalue weighted by Gasteiger charge is 2.22. The van der Waals surface area contributed by atoms with Crippen LogP contribution in [-0.4, -0.2) is 41.1 Å². The van der Waals surface area contributed by atoms with Crippen LogP contribution in [0.25, 0.3) is 0 Å². The van der Waals surface area contributed by atoms with Crippen LogP contribution in [0.15, 0.2) is 0 Å². The minimum absolute atomic E-state index is 0.0580. The fraction of sp³-hybridized carbons (Fsp3) is 1.00. The predicted octanol–water partition coefficient (Wildman–Crippen LogP) is 3.43. The molecule has 2 N–H and O–H groups in total. The largest absolute Gasteiger partial charge is 0.596 e. The van der Waals surface area contributed by atoms with Gasteiger partial charge in [0.25, 0.3) is 0 Å². The summed E-state index contributed by atoms with van der Waals surface area (Å²) in [6, 6.07) is 0. The molecule has 0 bridgehead atoms. The van der Waals surface area contributed by atoms with E-state index in [9.17, 15) is 15.5 Å². The first kappa shape index (κ1) is 19.8. The SMILES string of the molecule is CC[N+]([O-])(O)C(O)CCOCCCCCCCC(C)C. The van der Waals surface area contributed by atoms with Gasteiger partial charge in [0.05, 0.1) is 13.0 Å². The molecule has 5 heteroatoms. The Morgan fingerprint density at radius 2 is 1.60 bits per heavy atom. The van der Waals surface area contributed by atoms with E-state index in [-0.39, 0.29) is 13.0 Å². The van der Waals surface area contributed by atoms with Gasteiger partial charge in [0.1, 0.15) is 6.54 Å². The zero-order valence-corrected chi connectivity index (χ0v) is 13.4. The maximum absolute atomic E-state index is 11.3. The number of ether oxygens (including phenoxy) is 1. The minimum Gasteiger partial charge on any atom is -0.596 e. The second-order valence-electron chi connectivity index (χ2n) is 5.90. The van der Waals surface area contributed by atoms with E-state index in [1.807, 2.05) is 0 Å². The molecule has 0 spiro atoms. The number of aliphatic hydroxyl groups excluding tert-OH is 1. The summed E-state index contributed by atoms with van der Waals surface area (Å²) in [5, 5.41) is 30.0. The van der Waals surface area contributed by atoms with Gasteiger partial charge in [-0.05, 0) is 19.3 Å². The molecule has 0 fully saturated rings. The molecule has 0 saturated heterocycles. The van der Waals surface area contributed by atoms with E-state index in [0.29, 0.717) is 13.2 Å². The lowest BCUT2D eigenvalue weighted by Crippen LogP contribution is -2.48.